The highest BCUT2D eigenvalue weighted by Crippen LogP contribution is 2.28. The second-order valence-corrected chi connectivity index (χ2v) is 5.04. The predicted molar refractivity (Wildman–Crippen MR) is 81.9 cm³/mol. The molecule has 24 heavy (non-hydrogen) atoms. The molecule has 0 radical (unpaired) electrons. The Hall–Kier alpha value is -3.29. The van der Waals surface area contributed by atoms with Gasteiger partial charge in [-0.2, -0.15) is 4.98 Å². The largest absolute Gasteiger partial charge is 0.478 e. The van der Waals surface area contributed by atoms with Crippen LogP contribution in [-0.2, 0) is 6.61 Å². The van der Waals surface area contributed by atoms with Crippen molar-refractivity contribution >= 4 is 5.69 Å². The second kappa shape index (κ2) is 6.45. The molecule has 0 aliphatic rings. The highest BCUT2D eigenvalue weighted by atomic mass is 19.1. The Morgan fingerprint density at radius 1 is 1.25 bits per heavy atom. The molecule has 0 bridgehead atoms. The van der Waals surface area contributed by atoms with E-state index in [-0.39, 0.29) is 35.6 Å². The summed E-state index contributed by atoms with van der Waals surface area (Å²) in [6.07, 6.45) is 0. The molecule has 0 aliphatic heterocycles. The maximum Gasteiger partial charge on any atom is 0.311 e. The fourth-order valence-corrected chi connectivity index (χ4v) is 2.06. The van der Waals surface area contributed by atoms with Gasteiger partial charge in [0.25, 0.3) is 5.89 Å². The molecule has 0 unspecified atom stereocenters. The van der Waals surface area contributed by atoms with Crippen LogP contribution >= 0.6 is 0 Å². The van der Waals surface area contributed by atoms with E-state index < -0.39 is 4.92 Å². The Morgan fingerprint density at radius 2 is 2.00 bits per heavy atom. The van der Waals surface area contributed by atoms with Crippen LogP contribution in [0.1, 0.15) is 11.4 Å². The monoisotopic (exact) mass is 329 g/mol. The van der Waals surface area contributed by atoms with Crippen LogP contribution in [-0.4, -0.2) is 15.1 Å². The third-order valence-corrected chi connectivity index (χ3v) is 3.23. The van der Waals surface area contributed by atoms with E-state index in [2.05, 4.69) is 10.1 Å². The van der Waals surface area contributed by atoms with Gasteiger partial charge in [0, 0.05) is 11.6 Å². The first kappa shape index (κ1) is 15.6. The van der Waals surface area contributed by atoms with Crippen LogP contribution in [0.5, 0.6) is 5.75 Å². The molecule has 0 N–H and O–H groups in total. The summed E-state index contributed by atoms with van der Waals surface area (Å²) >= 11 is 0. The highest BCUT2D eigenvalue weighted by molar-refractivity contribution is 5.52. The molecule has 0 spiro atoms. The number of nitrogens with zero attached hydrogens (tertiary/aromatic N) is 3. The molecule has 1 aromatic heterocycles. The van der Waals surface area contributed by atoms with E-state index >= 15 is 0 Å². The highest BCUT2D eigenvalue weighted by Gasteiger charge is 2.16. The van der Waals surface area contributed by atoms with E-state index in [1.54, 1.807) is 13.0 Å². The van der Waals surface area contributed by atoms with Gasteiger partial charge >= 0.3 is 5.69 Å². The molecule has 0 fully saturated rings. The molecule has 7 nitrogen and oxygen atoms in total. The van der Waals surface area contributed by atoms with Gasteiger partial charge in [0.1, 0.15) is 5.82 Å². The van der Waals surface area contributed by atoms with E-state index in [1.807, 2.05) is 0 Å². The quantitative estimate of drug-likeness (QED) is 0.524. The van der Waals surface area contributed by atoms with Crippen molar-refractivity contribution in [2.24, 2.45) is 0 Å². The summed E-state index contributed by atoms with van der Waals surface area (Å²) in [7, 11) is 0. The molecule has 0 saturated carbocycles. The first-order valence-electron chi connectivity index (χ1n) is 6.99. The van der Waals surface area contributed by atoms with Gasteiger partial charge in [-0.05, 0) is 42.8 Å². The Balaban J connectivity index is 1.74. The average Bonchev–Trinajstić information content (AvgIpc) is 3.03. The lowest BCUT2D eigenvalue weighted by Gasteiger charge is -2.04. The van der Waals surface area contributed by atoms with Crippen molar-refractivity contribution in [3.63, 3.8) is 0 Å². The number of nitro groups is 1. The van der Waals surface area contributed by atoms with Gasteiger partial charge in [0.2, 0.25) is 5.82 Å². The number of rotatable bonds is 5. The summed E-state index contributed by atoms with van der Waals surface area (Å²) in [6, 6.07) is 10.2. The zero-order valence-electron chi connectivity index (χ0n) is 12.6. The third-order valence-electron chi connectivity index (χ3n) is 3.23. The Morgan fingerprint density at radius 3 is 2.71 bits per heavy atom. The zero-order valence-corrected chi connectivity index (χ0v) is 12.6. The van der Waals surface area contributed by atoms with Crippen LogP contribution in [0.3, 0.4) is 0 Å². The van der Waals surface area contributed by atoms with E-state index in [0.717, 1.165) is 5.56 Å². The Labute approximate surface area is 135 Å². The summed E-state index contributed by atoms with van der Waals surface area (Å²) in [5.74, 6) is 0.198. The number of aryl methyl sites for hydroxylation is 1. The molecular formula is C16H12FN3O4. The van der Waals surface area contributed by atoms with E-state index in [0.29, 0.717) is 5.56 Å². The van der Waals surface area contributed by atoms with Gasteiger partial charge < -0.3 is 9.26 Å². The van der Waals surface area contributed by atoms with Gasteiger partial charge in [-0.25, -0.2) is 4.39 Å². The maximum absolute atomic E-state index is 12.9. The second-order valence-electron chi connectivity index (χ2n) is 5.04. The molecule has 0 atom stereocenters. The van der Waals surface area contributed by atoms with Gasteiger partial charge in [-0.1, -0.05) is 11.2 Å². The molecule has 2 aromatic carbocycles. The van der Waals surface area contributed by atoms with Gasteiger partial charge in [-0.3, -0.25) is 10.1 Å². The molecule has 8 heteroatoms. The molecule has 0 amide bonds. The van der Waals surface area contributed by atoms with Crippen LogP contribution in [0.4, 0.5) is 10.1 Å². The first-order chi connectivity index (χ1) is 11.5. The topological polar surface area (TPSA) is 91.3 Å². The molecule has 1 heterocycles. The number of aromatic nitrogens is 2. The minimum atomic E-state index is -0.511. The van der Waals surface area contributed by atoms with Crippen LogP contribution in [0.25, 0.3) is 11.5 Å². The lowest BCUT2D eigenvalue weighted by molar-refractivity contribution is -0.386. The number of ether oxygens (including phenoxy) is 1. The van der Waals surface area contributed by atoms with Crippen molar-refractivity contribution in [1.29, 1.82) is 0 Å². The molecule has 3 rings (SSSR count). The molecule has 0 aliphatic carbocycles. The van der Waals surface area contributed by atoms with Crippen LogP contribution in [0.2, 0.25) is 0 Å². The summed E-state index contributed by atoms with van der Waals surface area (Å²) in [6.45, 7) is 1.67. The third kappa shape index (κ3) is 3.37. The Kier molecular flexibility index (Phi) is 4.19. The standard InChI is InChI=1S/C16H12FN3O4/c1-10-2-7-14(13(8-10)20(21)22)23-9-15-18-16(24-19-15)11-3-5-12(17)6-4-11/h2-8H,9H2,1H3. The molecule has 122 valence electrons. The molecule has 3 aromatic rings. The van der Waals surface area contributed by atoms with Crippen molar-refractivity contribution in [2.45, 2.75) is 13.5 Å². The summed E-state index contributed by atoms with van der Waals surface area (Å²) in [5.41, 5.74) is 1.20. The SMILES string of the molecule is Cc1ccc(OCc2noc(-c3ccc(F)cc3)n2)c([N+](=O)[O-])c1. The zero-order chi connectivity index (χ0) is 17.1. The molecular weight excluding hydrogens is 317 g/mol. The number of nitro benzene ring substituents is 1. The Bertz CT molecular complexity index is 877. The van der Waals surface area contributed by atoms with Crippen molar-refractivity contribution in [2.75, 3.05) is 0 Å². The first-order valence-corrected chi connectivity index (χ1v) is 6.99. The van der Waals surface area contributed by atoms with Gasteiger partial charge in [0.05, 0.1) is 4.92 Å². The van der Waals surface area contributed by atoms with Gasteiger partial charge in [-0.15, -0.1) is 0 Å². The minimum absolute atomic E-state index is 0.0887. The summed E-state index contributed by atoms with van der Waals surface area (Å²) in [5, 5.41) is 14.8. The predicted octanol–water partition coefficient (Wildman–Crippen LogP) is 3.67. The van der Waals surface area contributed by atoms with E-state index in [4.69, 9.17) is 9.26 Å². The number of benzene rings is 2. The van der Waals surface area contributed by atoms with Crippen molar-refractivity contribution in [1.82, 2.24) is 10.1 Å². The smallest absolute Gasteiger partial charge is 0.311 e. The van der Waals surface area contributed by atoms with E-state index in [1.165, 1.54) is 36.4 Å². The summed E-state index contributed by atoms with van der Waals surface area (Å²) in [4.78, 5) is 14.7. The van der Waals surface area contributed by atoms with Crippen LogP contribution in [0.15, 0.2) is 47.0 Å². The lowest BCUT2D eigenvalue weighted by Crippen LogP contribution is -2.01. The van der Waals surface area contributed by atoms with Crippen molar-refractivity contribution in [3.8, 4) is 17.2 Å². The molecule has 0 saturated heterocycles. The lowest BCUT2D eigenvalue weighted by atomic mass is 10.2. The van der Waals surface area contributed by atoms with Gasteiger partial charge in [0.15, 0.2) is 12.4 Å². The minimum Gasteiger partial charge on any atom is -0.478 e. The maximum atomic E-state index is 12.9. The van der Waals surface area contributed by atoms with Crippen LogP contribution in [0, 0.1) is 22.9 Å². The van der Waals surface area contributed by atoms with E-state index in [9.17, 15) is 14.5 Å². The van der Waals surface area contributed by atoms with Crippen molar-refractivity contribution in [3.05, 3.63) is 69.8 Å². The number of hydrogen-bond donors (Lipinski definition) is 0. The average molecular weight is 329 g/mol. The van der Waals surface area contributed by atoms with Crippen molar-refractivity contribution < 1.29 is 18.6 Å². The number of hydrogen-bond acceptors (Lipinski definition) is 6. The fraction of sp³-hybridized carbons (Fsp3) is 0.125. The summed E-state index contributed by atoms with van der Waals surface area (Å²) < 4.78 is 23.4. The fourth-order valence-electron chi connectivity index (χ4n) is 2.06. The number of halogens is 1. The normalized spacial score (nSPS) is 10.6. The van der Waals surface area contributed by atoms with Crippen LogP contribution < -0.4 is 4.74 Å².